The van der Waals surface area contributed by atoms with E-state index in [-0.39, 0.29) is 6.03 Å². The lowest BCUT2D eigenvalue weighted by atomic mass is 10.6. The van der Waals surface area contributed by atoms with Crippen molar-refractivity contribution in [1.82, 2.24) is 15.0 Å². The number of aromatic nitrogens is 1. The van der Waals surface area contributed by atoms with Gasteiger partial charge < -0.3 is 5.32 Å². The second-order valence-electron chi connectivity index (χ2n) is 2.56. The lowest BCUT2D eigenvalue weighted by Gasteiger charge is -2.02. The van der Waals surface area contributed by atoms with E-state index in [2.05, 4.69) is 20.4 Å². The number of carbonyl (C=O) groups excluding carboxylic acids is 1. The van der Waals surface area contributed by atoms with E-state index in [1.54, 1.807) is 18.4 Å². The number of urea groups is 1. The van der Waals surface area contributed by atoms with E-state index in [0.717, 1.165) is 23.0 Å². The van der Waals surface area contributed by atoms with Crippen molar-refractivity contribution in [3.63, 3.8) is 0 Å². The van der Waals surface area contributed by atoms with Crippen LogP contribution in [0.1, 0.15) is 5.69 Å². The zero-order valence-electron chi connectivity index (χ0n) is 8.36. The fourth-order valence-electron chi connectivity index (χ4n) is 0.754. The van der Waals surface area contributed by atoms with Crippen LogP contribution in [0.4, 0.5) is 4.79 Å². The molecule has 2 amide bonds. The first kappa shape index (κ1) is 12.7. The van der Waals surface area contributed by atoms with Gasteiger partial charge in [0.25, 0.3) is 0 Å². The summed E-state index contributed by atoms with van der Waals surface area (Å²) in [6, 6.07) is -0.149. The zero-order chi connectivity index (χ0) is 10.9. The van der Waals surface area contributed by atoms with E-state index in [9.17, 15) is 4.79 Å². The van der Waals surface area contributed by atoms with Crippen LogP contribution in [-0.4, -0.2) is 29.6 Å². The molecule has 0 spiro atoms. The molecule has 7 heteroatoms. The number of amides is 2. The molecule has 0 aromatic carbocycles. The van der Waals surface area contributed by atoms with Crippen LogP contribution in [0, 0.1) is 0 Å². The normalized spacial score (nSPS) is 9.93. The predicted molar refractivity (Wildman–Crippen MR) is 68.3 cm³/mol. The quantitative estimate of drug-likeness (QED) is 0.608. The summed E-state index contributed by atoms with van der Waals surface area (Å²) in [6.07, 6.45) is 0. The standard InChI is InChI=1S/C8H13N3OS3/c1-9-8(12)11-15-3-2-13-4-7-5-14-6-10-7/h5-6H,2-4H2,1H3,(H2,9,11,12). The van der Waals surface area contributed by atoms with Crippen LogP contribution in [-0.2, 0) is 5.75 Å². The molecule has 0 aliphatic rings. The van der Waals surface area contributed by atoms with Crippen LogP contribution < -0.4 is 10.0 Å². The van der Waals surface area contributed by atoms with Crippen LogP contribution in [0.2, 0.25) is 0 Å². The molecule has 1 rings (SSSR count). The molecule has 15 heavy (non-hydrogen) atoms. The molecule has 0 aliphatic heterocycles. The second-order valence-corrected chi connectivity index (χ2v) is 5.29. The number of hydrogen-bond donors (Lipinski definition) is 2. The minimum Gasteiger partial charge on any atom is -0.341 e. The van der Waals surface area contributed by atoms with Crippen LogP contribution in [0.5, 0.6) is 0 Å². The predicted octanol–water partition coefficient (Wildman–Crippen LogP) is 1.95. The molecule has 0 unspecified atom stereocenters. The van der Waals surface area contributed by atoms with Crippen molar-refractivity contribution in [2.45, 2.75) is 5.75 Å². The number of nitrogens with one attached hydrogen (secondary N) is 2. The van der Waals surface area contributed by atoms with E-state index in [4.69, 9.17) is 0 Å². The highest BCUT2D eigenvalue weighted by molar-refractivity contribution is 8.01. The average Bonchev–Trinajstić information content (AvgIpc) is 2.75. The number of thioether (sulfide) groups is 1. The molecular weight excluding hydrogens is 250 g/mol. The van der Waals surface area contributed by atoms with Crippen molar-refractivity contribution in [2.24, 2.45) is 0 Å². The van der Waals surface area contributed by atoms with Crippen molar-refractivity contribution in [1.29, 1.82) is 0 Å². The van der Waals surface area contributed by atoms with Crippen LogP contribution >= 0.6 is 35.0 Å². The van der Waals surface area contributed by atoms with E-state index in [0.29, 0.717) is 0 Å². The van der Waals surface area contributed by atoms with Crippen LogP contribution in [0.25, 0.3) is 0 Å². The third-order valence-electron chi connectivity index (χ3n) is 1.46. The summed E-state index contributed by atoms with van der Waals surface area (Å²) >= 11 is 4.86. The zero-order valence-corrected chi connectivity index (χ0v) is 10.8. The first-order chi connectivity index (χ1) is 7.33. The lowest BCUT2D eigenvalue weighted by molar-refractivity contribution is 0.248. The Hall–Kier alpha value is -0.400. The highest BCUT2D eigenvalue weighted by atomic mass is 32.2. The number of hydrogen-bond acceptors (Lipinski definition) is 5. The van der Waals surface area contributed by atoms with Gasteiger partial charge in [0.1, 0.15) is 0 Å². The Bertz CT molecular complexity index is 279. The molecule has 0 saturated carbocycles. The van der Waals surface area contributed by atoms with E-state index < -0.39 is 0 Å². The monoisotopic (exact) mass is 263 g/mol. The molecule has 0 atom stereocenters. The molecule has 4 nitrogen and oxygen atoms in total. The van der Waals surface area contributed by atoms with E-state index in [1.165, 1.54) is 11.9 Å². The Balaban J connectivity index is 1.91. The molecule has 84 valence electrons. The second kappa shape index (κ2) is 7.84. The van der Waals surface area contributed by atoms with Crippen molar-refractivity contribution >= 4 is 41.1 Å². The molecule has 0 bridgehead atoms. The molecule has 0 fully saturated rings. The summed E-state index contributed by atoms with van der Waals surface area (Å²) < 4.78 is 2.67. The summed E-state index contributed by atoms with van der Waals surface area (Å²) in [5.74, 6) is 2.86. The minimum absolute atomic E-state index is 0.149. The Labute approximate surface area is 102 Å². The van der Waals surface area contributed by atoms with Gasteiger partial charge in [-0.2, -0.15) is 11.8 Å². The Kier molecular flexibility index (Phi) is 6.62. The topological polar surface area (TPSA) is 54.0 Å². The third-order valence-corrected chi connectivity index (χ3v) is 4.08. The lowest BCUT2D eigenvalue weighted by Crippen LogP contribution is -2.27. The third kappa shape index (κ3) is 5.91. The van der Waals surface area contributed by atoms with Gasteiger partial charge in [0.15, 0.2) is 0 Å². The fourth-order valence-corrected chi connectivity index (χ4v) is 3.07. The number of nitrogens with zero attached hydrogens (tertiary/aromatic N) is 1. The summed E-state index contributed by atoms with van der Waals surface area (Å²) in [5, 5.41) is 4.55. The Morgan fingerprint density at radius 3 is 3.13 bits per heavy atom. The minimum atomic E-state index is -0.149. The maximum Gasteiger partial charge on any atom is 0.324 e. The first-order valence-electron chi connectivity index (χ1n) is 4.37. The molecular formula is C8H13N3OS3. The SMILES string of the molecule is CNC(=O)NSCCSCc1cscn1. The van der Waals surface area contributed by atoms with Crippen molar-refractivity contribution in [3.05, 3.63) is 16.6 Å². The van der Waals surface area contributed by atoms with Gasteiger partial charge in [-0.3, -0.25) is 4.72 Å². The smallest absolute Gasteiger partial charge is 0.324 e. The average molecular weight is 263 g/mol. The largest absolute Gasteiger partial charge is 0.341 e. The molecule has 2 N–H and O–H groups in total. The molecule has 1 heterocycles. The van der Waals surface area contributed by atoms with E-state index in [1.807, 2.05) is 17.3 Å². The van der Waals surface area contributed by atoms with Crippen LogP contribution in [0.3, 0.4) is 0 Å². The molecule has 0 saturated heterocycles. The van der Waals surface area contributed by atoms with Gasteiger partial charge in [0.2, 0.25) is 0 Å². The molecule has 0 aliphatic carbocycles. The van der Waals surface area contributed by atoms with Crippen molar-refractivity contribution in [2.75, 3.05) is 18.6 Å². The summed E-state index contributed by atoms with van der Waals surface area (Å²) in [5.41, 5.74) is 2.98. The summed E-state index contributed by atoms with van der Waals surface area (Å²) in [6.45, 7) is 0. The van der Waals surface area contributed by atoms with Crippen molar-refractivity contribution < 1.29 is 4.79 Å². The van der Waals surface area contributed by atoms with Gasteiger partial charge in [0, 0.05) is 29.7 Å². The first-order valence-corrected chi connectivity index (χ1v) is 7.45. The molecule has 0 radical (unpaired) electrons. The number of thiazole rings is 1. The number of rotatable bonds is 6. The van der Waals surface area contributed by atoms with E-state index >= 15 is 0 Å². The van der Waals surface area contributed by atoms with Crippen LogP contribution in [0.15, 0.2) is 10.9 Å². The van der Waals surface area contributed by atoms with Gasteiger partial charge in [-0.1, -0.05) is 0 Å². The maximum absolute atomic E-state index is 10.8. The maximum atomic E-state index is 10.8. The fraction of sp³-hybridized carbons (Fsp3) is 0.500. The highest BCUT2D eigenvalue weighted by Crippen LogP contribution is 2.12. The summed E-state index contributed by atoms with van der Waals surface area (Å²) in [4.78, 5) is 15.0. The Morgan fingerprint density at radius 2 is 2.47 bits per heavy atom. The Morgan fingerprint density at radius 1 is 1.60 bits per heavy atom. The molecule has 1 aromatic heterocycles. The van der Waals surface area contributed by atoms with Gasteiger partial charge in [-0.05, 0) is 11.9 Å². The molecule has 1 aromatic rings. The van der Waals surface area contributed by atoms with Gasteiger partial charge in [-0.15, -0.1) is 11.3 Å². The van der Waals surface area contributed by atoms with Gasteiger partial charge >= 0.3 is 6.03 Å². The van der Waals surface area contributed by atoms with Gasteiger partial charge in [-0.25, -0.2) is 9.78 Å². The summed E-state index contributed by atoms with van der Waals surface area (Å²) in [7, 11) is 1.60. The van der Waals surface area contributed by atoms with Gasteiger partial charge in [0.05, 0.1) is 11.2 Å². The highest BCUT2D eigenvalue weighted by Gasteiger charge is 1.97. The van der Waals surface area contributed by atoms with Crippen molar-refractivity contribution in [3.8, 4) is 0 Å². The number of carbonyl (C=O) groups is 1.